The second-order valence-electron chi connectivity index (χ2n) is 8.31. The van der Waals surface area contributed by atoms with Crippen molar-refractivity contribution in [3.63, 3.8) is 0 Å². The molecular weight excluding hydrogens is 483 g/mol. The smallest absolute Gasteiger partial charge is 0.398 e. The molecule has 0 bridgehead atoms. The van der Waals surface area contributed by atoms with E-state index in [9.17, 15) is 13.2 Å². The lowest BCUT2D eigenvalue weighted by Gasteiger charge is -2.18. The molecule has 37 heavy (non-hydrogen) atoms. The minimum absolute atomic E-state index is 0.152. The zero-order chi connectivity index (χ0) is 26.6. The van der Waals surface area contributed by atoms with Crippen molar-refractivity contribution in [1.82, 2.24) is 20.3 Å². The van der Waals surface area contributed by atoms with Crippen LogP contribution in [-0.4, -0.2) is 34.6 Å². The summed E-state index contributed by atoms with van der Waals surface area (Å²) in [6.07, 6.45) is -3.50. The molecule has 0 saturated heterocycles. The van der Waals surface area contributed by atoms with Gasteiger partial charge in [0, 0.05) is 41.6 Å². The number of anilines is 1. The molecule has 194 valence electrons. The van der Waals surface area contributed by atoms with Crippen LogP contribution in [0.3, 0.4) is 0 Å². The van der Waals surface area contributed by atoms with E-state index in [4.69, 9.17) is 20.2 Å². The quantitative estimate of drug-likeness (QED) is 0.219. The van der Waals surface area contributed by atoms with Crippen molar-refractivity contribution >= 4 is 16.6 Å². The van der Waals surface area contributed by atoms with Gasteiger partial charge in [-0.25, -0.2) is 9.97 Å². The number of pyridine rings is 1. The lowest BCUT2D eigenvalue weighted by Crippen LogP contribution is -2.34. The van der Waals surface area contributed by atoms with Crippen molar-refractivity contribution in [2.24, 2.45) is 0 Å². The minimum Gasteiger partial charge on any atom is -0.398 e. The van der Waals surface area contributed by atoms with E-state index in [2.05, 4.69) is 15.3 Å². The summed E-state index contributed by atoms with van der Waals surface area (Å²) in [4.78, 5) is 13.8. The Labute approximate surface area is 212 Å². The van der Waals surface area contributed by atoms with Gasteiger partial charge in [0.2, 0.25) is 6.41 Å². The molecule has 0 aliphatic heterocycles. The fraction of sp³-hybridized carbons (Fsp3) is 0.296. The molecule has 2 heterocycles. The van der Waals surface area contributed by atoms with Crippen LogP contribution in [0, 0.1) is 6.92 Å². The molecule has 7 nitrogen and oxygen atoms in total. The van der Waals surface area contributed by atoms with E-state index in [1.54, 1.807) is 12.3 Å². The van der Waals surface area contributed by atoms with E-state index in [1.807, 2.05) is 45.0 Å². The number of nitrogens with two attached hydrogens (primary N) is 1. The maximum Gasteiger partial charge on any atom is 0.416 e. The van der Waals surface area contributed by atoms with E-state index in [1.165, 1.54) is 6.07 Å². The monoisotopic (exact) mass is 511 g/mol. The molecule has 3 N–H and O–H groups in total. The van der Waals surface area contributed by atoms with Gasteiger partial charge in [0.1, 0.15) is 5.82 Å². The number of halogens is 3. The van der Waals surface area contributed by atoms with E-state index in [-0.39, 0.29) is 17.8 Å². The zero-order valence-corrected chi connectivity index (χ0v) is 20.8. The number of hydrogen-bond acceptors (Lipinski definition) is 7. The van der Waals surface area contributed by atoms with Gasteiger partial charge in [-0.05, 0) is 62.7 Å². The third-order valence-corrected chi connectivity index (χ3v) is 5.72. The Morgan fingerprint density at radius 3 is 2.41 bits per heavy atom. The van der Waals surface area contributed by atoms with Crippen LogP contribution in [0.2, 0.25) is 0 Å². The summed E-state index contributed by atoms with van der Waals surface area (Å²) in [7, 11) is 0. The fourth-order valence-corrected chi connectivity index (χ4v) is 3.98. The summed E-state index contributed by atoms with van der Waals surface area (Å²) in [5.41, 5.74) is 9.15. The van der Waals surface area contributed by atoms with Crippen LogP contribution < -0.4 is 11.1 Å². The highest BCUT2D eigenvalue weighted by molar-refractivity contribution is 5.97. The Morgan fingerprint density at radius 1 is 0.973 bits per heavy atom. The highest BCUT2D eigenvalue weighted by Crippen LogP contribution is 2.37. The molecule has 0 spiro atoms. The molecule has 0 aliphatic rings. The molecule has 2 aromatic heterocycles. The molecule has 4 rings (SSSR count). The number of nitrogens with one attached hydrogen (secondary N) is 1. The SMILES string of the molecule is CCOC(NCc1nc(-c2cc(C(F)(F)F)ccc2N)c2ccc(-c3ncccc3C)cc2n1)OCC. The van der Waals surface area contributed by atoms with Crippen LogP contribution >= 0.6 is 0 Å². The van der Waals surface area contributed by atoms with E-state index in [0.29, 0.717) is 35.6 Å². The molecular formula is C27H28F3N5O2. The first kappa shape index (κ1) is 26.5. The van der Waals surface area contributed by atoms with E-state index < -0.39 is 18.2 Å². The number of alkyl halides is 3. The molecule has 0 saturated carbocycles. The first-order valence-electron chi connectivity index (χ1n) is 11.9. The van der Waals surface area contributed by atoms with Gasteiger partial charge >= 0.3 is 6.18 Å². The first-order valence-corrected chi connectivity index (χ1v) is 11.9. The van der Waals surface area contributed by atoms with Crippen LogP contribution in [0.1, 0.15) is 30.8 Å². The summed E-state index contributed by atoms with van der Waals surface area (Å²) in [5.74, 6) is 0.346. The summed E-state index contributed by atoms with van der Waals surface area (Å²) in [6, 6.07) is 12.5. The van der Waals surface area contributed by atoms with Crippen LogP contribution in [0.4, 0.5) is 18.9 Å². The lowest BCUT2D eigenvalue weighted by atomic mass is 9.99. The Bertz CT molecular complexity index is 1390. The second-order valence-corrected chi connectivity index (χ2v) is 8.31. The molecule has 0 atom stereocenters. The zero-order valence-electron chi connectivity index (χ0n) is 20.8. The van der Waals surface area contributed by atoms with Crippen molar-refractivity contribution in [2.75, 3.05) is 18.9 Å². The molecule has 0 fully saturated rings. The number of benzene rings is 2. The number of nitrogens with zero attached hydrogens (tertiary/aromatic N) is 3. The first-order chi connectivity index (χ1) is 17.7. The summed E-state index contributed by atoms with van der Waals surface area (Å²) in [6.45, 7) is 6.65. The van der Waals surface area contributed by atoms with Gasteiger partial charge in [-0.2, -0.15) is 13.2 Å². The third kappa shape index (κ3) is 6.04. The Kier molecular flexibility index (Phi) is 8.01. The van der Waals surface area contributed by atoms with Crippen molar-refractivity contribution in [3.8, 4) is 22.5 Å². The number of ether oxygens (including phenoxy) is 2. The summed E-state index contributed by atoms with van der Waals surface area (Å²) in [5, 5.41) is 3.66. The Hall–Kier alpha value is -3.60. The van der Waals surface area contributed by atoms with E-state index in [0.717, 1.165) is 29.0 Å². The number of nitrogen functional groups attached to an aromatic ring is 1. The van der Waals surface area contributed by atoms with Gasteiger partial charge in [0.15, 0.2) is 0 Å². The minimum atomic E-state index is -4.53. The van der Waals surface area contributed by atoms with Gasteiger partial charge in [0.05, 0.1) is 29.0 Å². The highest BCUT2D eigenvalue weighted by atomic mass is 19.4. The molecule has 0 aliphatic carbocycles. The van der Waals surface area contributed by atoms with Crippen LogP contribution in [0.15, 0.2) is 54.7 Å². The van der Waals surface area contributed by atoms with Gasteiger partial charge in [-0.15, -0.1) is 0 Å². The van der Waals surface area contributed by atoms with Crippen molar-refractivity contribution < 1.29 is 22.6 Å². The normalized spacial score (nSPS) is 12.0. The summed E-state index contributed by atoms with van der Waals surface area (Å²) >= 11 is 0. The number of aryl methyl sites for hydroxylation is 1. The predicted octanol–water partition coefficient (Wildman–Crippen LogP) is 5.71. The average molecular weight is 512 g/mol. The maximum atomic E-state index is 13.5. The fourth-order valence-electron chi connectivity index (χ4n) is 3.98. The lowest BCUT2D eigenvalue weighted by molar-refractivity contribution is -0.156. The number of hydrogen-bond donors (Lipinski definition) is 2. The number of rotatable bonds is 9. The number of fused-ring (bicyclic) bond motifs is 1. The standard InChI is InChI=1S/C27H28F3N5O2/c1-4-36-26(37-5-2)33-15-23-34-22-13-17(24-16(3)7-6-12-32-24)8-10-19(22)25(35-23)20-14-18(27(28,29)30)9-11-21(20)31/h6-14,26,33H,4-5,15,31H2,1-3H3. The van der Waals surface area contributed by atoms with Gasteiger partial charge < -0.3 is 15.2 Å². The largest absolute Gasteiger partial charge is 0.416 e. The topological polar surface area (TPSA) is 95.2 Å². The molecule has 0 unspecified atom stereocenters. The van der Waals surface area contributed by atoms with Crippen LogP contribution in [-0.2, 0) is 22.2 Å². The van der Waals surface area contributed by atoms with Gasteiger partial charge in [-0.3, -0.25) is 10.3 Å². The van der Waals surface area contributed by atoms with Gasteiger partial charge in [-0.1, -0.05) is 12.1 Å². The van der Waals surface area contributed by atoms with Crippen LogP contribution in [0.25, 0.3) is 33.4 Å². The molecule has 2 aromatic carbocycles. The molecule has 0 amide bonds. The van der Waals surface area contributed by atoms with E-state index >= 15 is 0 Å². The average Bonchev–Trinajstić information content (AvgIpc) is 2.86. The molecule has 0 radical (unpaired) electrons. The van der Waals surface area contributed by atoms with Crippen molar-refractivity contribution in [1.29, 1.82) is 0 Å². The highest BCUT2D eigenvalue weighted by Gasteiger charge is 2.31. The summed E-state index contributed by atoms with van der Waals surface area (Å²) < 4.78 is 51.6. The van der Waals surface area contributed by atoms with Gasteiger partial charge in [0.25, 0.3) is 0 Å². The maximum absolute atomic E-state index is 13.5. The second kappa shape index (κ2) is 11.2. The molecule has 4 aromatic rings. The molecule has 10 heteroatoms. The van der Waals surface area contributed by atoms with Crippen molar-refractivity contribution in [3.05, 3.63) is 71.7 Å². The Balaban J connectivity index is 1.87. The van der Waals surface area contributed by atoms with Crippen LogP contribution in [0.5, 0.6) is 0 Å². The predicted molar refractivity (Wildman–Crippen MR) is 136 cm³/mol. The third-order valence-electron chi connectivity index (χ3n) is 5.72. The number of aromatic nitrogens is 3. The van der Waals surface area contributed by atoms with Crippen molar-refractivity contribution in [2.45, 2.75) is 39.9 Å². The Morgan fingerprint density at radius 2 is 1.73 bits per heavy atom.